The number of aryl methyl sites for hydroxylation is 1. The van der Waals surface area contributed by atoms with Crippen molar-refractivity contribution in [2.45, 2.75) is 26.8 Å². The molecular formula is C16H19ClN2. The summed E-state index contributed by atoms with van der Waals surface area (Å²) in [6, 6.07) is 8.65. The molecule has 2 rings (SSSR count). The van der Waals surface area contributed by atoms with Gasteiger partial charge < -0.3 is 5.32 Å². The molecule has 0 aliphatic heterocycles. The molecule has 0 saturated heterocycles. The Balaban J connectivity index is 2.50. The maximum Gasteiger partial charge on any atom is 0.136 e. The van der Waals surface area contributed by atoms with Crippen LogP contribution in [-0.2, 0) is 0 Å². The first-order valence-electron chi connectivity index (χ1n) is 6.43. The Hall–Kier alpha value is -1.38. The zero-order valence-corrected chi connectivity index (χ0v) is 12.5. The molecule has 2 aromatic rings. The molecule has 0 spiro atoms. The molecule has 0 saturated carbocycles. The molecule has 0 fully saturated rings. The van der Waals surface area contributed by atoms with Gasteiger partial charge in [-0.3, -0.25) is 0 Å². The van der Waals surface area contributed by atoms with Crippen LogP contribution in [0.5, 0.6) is 0 Å². The van der Waals surface area contributed by atoms with Crippen LogP contribution < -0.4 is 5.32 Å². The average Bonchev–Trinajstić information content (AvgIpc) is 2.38. The summed E-state index contributed by atoms with van der Waals surface area (Å²) in [5.74, 6) is 0. The fraction of sp³-hybridized carbons (Fsp3) is 0.312. The smallest absolute Gasteiger partial charge is 0.136 e. The average molecular weight is 275 g/mol. The van der Waals surface area contributed by atoms with Crippen LogP contribution in [0.4, 0.5) is 0 Å². The van der Waals surface area contributed by atoms with Gasteiger partial charge in [-0.1, -0.05) is 35.4 Å². The molecule has 1 N–H and O–H groups in total. The molecule has 2 nitrogen and oxygen atoms in total. The van der Waals surface area contributed by atoms with Crippen molar-refractivity contribution in [3.63, 3.8) is 0 Å². The number of fused-ring (bicyclic) bond motifs is 1. The van der Waals surface area contributed by atoms with Crippen LogP contribution >= 0.6 is 11.6 Å². The van der Waals surface area contributed by atoms with E-state index in [9.17, 15) is 0 Å². The lowest BCUT2D eigenvalue weighted by Crippen LogP contribution is -2.21. The van der Waals surface area contributed by atoms with E-state index in [1.807, 2.05) is 7.05 Å². The van der Waals surface area contributed by atoms with Gasteiger partial charge in [0.15, 0.2) is 0 Å². The van der Waals surface area contributed by atoms with Gasteiger partial charge in [-0.15, -0.1) is 0 Å². The molecule has 1 unspecified atom stereocenters. The molecule has 1 atom stereocenters. The van der Waals surface area contributed by atoms with E-state index in [0.717, 1.165) is 16.5 Å². The third-order valence-electron chi connectivity index (χ3n) is 3.45. The SMILES string of the molecule is CNC(C)/C(C)=C/c1cc2ccc(C)cc2nc1Cl. The Labute approximate surface area is 119 Å². The minimum atomic E-state index is 0.324. The Morgan fingerprint density at radius 3 is 2.79 bits per heavy atom. The molecule has 3 heteroatoms. The van der Waals surface area contributed by atoms with E-state index in [0.29, 0.717) is 11.2 Å². The van der Waals surface area contributed by atoms with Crippen molar-refractivity contribution in [3.05, 3.63) is 46.1 Å². The molecule has 0 radical (unpaired) electrons. The van der Waals surface area contributed by atoms with E-state index in [-0.39, 0.29) is 0 Å². The van der Waals surface area contributed by atoms with Crippen LogP contribution in [0.15, 0.2) is 29.8 Å². The zero-order chi connectivity index (χ0) is 14.0. The zero-order valence-electron chi connectivity index (χ0n) is 11.8. The van der Waals surface area contributed by atoms with Crippen molar-refractivity contribution in [1.82, 2.24) is 10.3 Å². The van der Waals surface area contributed by atoms with Crippen molar-refractivity contribution < 1.29 is 0 Å². The number of hydrogen-bond donors (Lipinski definition) is 1. The highest BCUT2D eigenvalue weighted by Gasteiger charge is 2.06. The molecule has 1 heterocycles. The second-order valence-electron chi connectivity index (χ2n) is 4.96. The first-order valence-corrected chi connectivity index (χ1v) is 6.81. The fourth-order valence-electron chi connectivity index (χ4n) is 1.97. The highest BCUT2D eigenvalue weighted by molar-refractivity contribution is 6.31. The normalized spacial score (nSPS) is 13.8. The van der Waals surface area contributed by atoms with E-state index < -0.39 is 0 Å². The van der Waals surface area contributed by atoms with Crippen LogP contribution in [0.25, 0.3) is 17.0 Å². The summed E-state index contributed by atoms with van der Waals surface area (Å²) in [4.78, 5) is 4.48. The number of pyridine rings is 1. The van der Waals surface area contributed by atoms with Gasteiger partial charge in [0.25, 0.3) is 0 Å². The second kappa shape index (κ2) is 5.72. The van der Waals surface area contributed by atoms with Gasteiger partial charge >= 0.3 is 0 Å². The van der Waals surface area contributed by atoms with E-state index in [2.05, 4.69) is 61.4 Å². The maximum absolute atomic E-state index is 6.27. The van der Waals surface area contributed by atoms with Crippen molar-refractivity contribution in [2.75, 3.05) is 7.05 Å². The second-order valence-corrected chi connectivity index (χ2v) is 5.32. The molecule has 1 aromatic heterocycles. The summed E-state index contributed by atoms with van der Waals surface area (Å²) in [7, 11) is 1.95. The highest BCUT2D eigenvalue weighted by atomic mass is 35.5. The summed E-state index contributed by atoms with van der Waals surface area (Å²) in [6.07, 6.45) is 2.09. The van der Waals surface area contributed by atoms with Crippen LogP contribution in [0, 0.1) is 6.92 Å². The summed E-state index contributed by atoms with van der Waals surface area (Å²) in [5, 5.41) is 4.89. The molecule has 19 heavy (non-hydrogen) atoms. The van der Waals surface area contributed by atoms with Gasteiger partial charge in [0.1, 0.15) is 5.15 Å². The number of nitrogens with zero attached hydrogens (tertiary/aromatic N) is 1. The van der Waals surface area contributed by atoms with E-state index in [1.165, 1.54) is 11.1 Å². The third kappa shape index (κ3) is 3.14. The predicted molar refractivity (Wildman–Crippen MR) is 83.7 cm³/mol. The van der Waals surface area contributed by atoms with Gasteiger partial charge in [0.05, 0.1) is 5.52 Å². The molecule has 1 aromatic carbocycles. The molecule has 0 aliphatic rings. The number of benzene rings is 1. The standard InChI is InChI=1S/C16H19ClN2/c1-10-5-6-13-9-14(8-11(2)12(3)18-4)16(17)19-15(13)7-10/h5-9,12,18H,1-4H3/b11-8+. The van der Waals surface area contributed by atoms with Gasteiger partial charge in [0.2, 0.25) is 0 Å². The molecule has 0 bridgehead atoms. The molecular weight excluding hydrogens is 256 g/mol. The Kier molecular flexibility index (Phi) is 4.23. The van der Waals surface area contributed by atoms with Crippen molar-refractivity contribution in [2.24, 2.45) is 0 Å². The molecule has 100 valence electrons. The summed E-state index contributed by atoms with van der Waals surface area (Å²) in [5.41, 5.74) is 4.34. The van der Waals surface area contributed by atoms with Gasteiger partial charge in [-0.2, -0.15) is 0 Å². The van der Waals surface area contributed by atoms with Crippen LogP contribution in [0.3, 0.4) is 0 Å². The van der Waals surface area contributed by atoms with Crippen LogP contribution in [-0.4, -0.2) is 18.1 Å². The number of halogens is 1. The van der Waals surface area contributed by atoms with Crippen LogP contribution in [0.2, 0.25) is 5.15 Å². The number of rotatable bonds is 3. The van der Waals surface area contributed by atoms with Crippen molar-refractivity contribution in [1.29, 1.82) is 0 Å². The maximum atomic E-state index is 6.27. The molecule has 0 amide bonds. The lowest BCUT2D eigenvalue weighted by Gasteiger charge is -2.11. The number of nitrogens with one attached hydrogen (secondary N) is 1. The summed E-state index contributed by atoms with van der Waals surface area (Å²) < 4.78 is 0. The highest BCUT2D eigenvalue weighted by Crippen LogP contribution is 2.24. The topological polar surface area (TPSA) is 24.9 Å². The fourth-order valence-corrected chi connectivity index (χ4v) is 2.17. The van der Waals surface area contributed by atoms with Crippen LogP contribution in [0.1, 0.15) is 25.0 Å². The van der Waals surface area contributed by atoms with Crippen molar-refractivity contribution >= 4 is 28.6 Å². The van der Waals surface area contributed by atoms with E-state index in [1.54, 1.807) is 0 Å². The third-order valence-corrected chi connectivity index (χ3v) is 3.76. The monoisotopic (exact) mass is 274 g/mol. The largest absolute Gasteiger partial charge is 0.314 e. The number of hydrogen-bond acceptors (Lipinski definition) is 2. The lowest BCUT2D eigenvalue weighted by atomic mass is 10.1. The van der Waals surface area contributed by atoms with Crippen molar-refractivity contribution in [3.8, 4) is 0 Å². The predicted octanol–water partition coefficient (Wildman–Crippen LogP) is 4.21. The van der Waals surface area contributed by atoms with Gasteiger partial charge in [-0.05, 0) is 45.5 Å². The summed E-state index contributed by atoms with van der Waals surface area (Å²) >= 11 is 6.27. The Bertz CT molecular complexity index is 632. The molecule has 0 aliphatic carbocycles. The first-order chi connectivity index (χ1) is 9.01. The quantitative estimate of drug-likeness (QED) is 0.848. The van der Waals surface area contributed by atoms with E-state index >= 15 is 0 Å². The minimum absolute atomic E-state index is 0.324. The number of aromatic nitrogens is 1. The Morgan fingerprint density at radius 2 is 2.11 bits per heavy atom. The minimum Gasteiger partial charge on any atom is -0.314 e. The van der Waals surface area contributed by atoms with Gasteiger partial charge in [0, 0.05) is 17.0 Å². The van der Waals surface area contributed by atoms with E-state index in [4.69, 9.17) is 11.6 Å². The first kappa shape index (κ1) is 14.0. The number of likely N-dealkylation sites (N-methyl/N-ethyl adjacent to an activating group) is 1. The lowest BCUT2D eigenvalue weighted by molar-refractivity contribution is 0.696. The van der Waals surface area contributed by atoms with Gasteiger partial charge in [-0.25, -0.2) is 4.98 Å². The summed E-state index contributed by atoms with van der Waals surface area (Å²) in [6.45, 7) is 6.27. The Morgan fingerprint density at radius 1 is 1.37 bits per heavy atom.